The van der Waals surface area contributed by atoms with Crippen LogP contribution in [-0.4, -0.2) is 84.1 Å². The van der Waals surface area contributed by atoms with E-state index in [1.165, 1.54) is 4.90 Å². The van der Waals surface area contributed by atoms with Gasteiger partial charge in [-0.3, -0.25) is 9.80 Å². The third-order valence-corrected chi connectivity index (χ3v) is 6.65. The van der Waals surface area contributed by atoms with Crippen LogP contribution in [0.4, 0.5) is 9.59 Å². The second-order valence-corrected chi connectivity index (χ2v) is 10.8. The summed E-state index contributed by atoms with van der Waals surface area (Å²) in [6, 6.07) is 5.06. The fraction of sp³-hybridized carbons (Fsp3) is 0.593. The van der Waals surface area contributed by atoms with Crippen LogP contribution in [0, 0.1) is 13.8 Å². The number of aryl methyl sites for hydroxylation is 2. The minimum absolute atomic E-state index is 0.0229. The van der Waals surface area contributed by atoms with Gasteiger partial charge in [-0.25, -0.2) is 14.4 Å². The highest BCUT2D eigenvalue weighted by Gasteiger charge is 2.39. The molecule has 0 saturated carbocycles. The normalized spacial score (nSPS) is 21.4. The van der Waals surface area contributed by atoms with Crippen LogP contribution in [0.3, 0.4) is 0 Å². The zero-order valence-corrected chi connectivity index (χ0v) is 22.9. The summed E-state index contributed by atoms with van der Waals surface area (Å²) in [5, 5.41) is 6.04. The molecule has 9 heteroatoms. The number of piperazine rings is 1. The number of nitrogens with zero attached hydrogens (tertiary/aromatic N) is 3. The van der Waals surface area contributed by atoms with Gasteiger partial charge in [0.1, 0.15) is 0 Å². The van der Waals surface area contributed by atoms with Crippen molar-refractivity contribution in [3.63, 3.8) is 0 Å². The van der Waals surface area contributed by atoms with Crippen molar-refractivity contribution in [2.24, 2.45) is 0 Å². The highest BCUT2D eigenvalue weighted by Crippen LogP contribution is 2.33. The molecule has 2 unspecified atom stereocenters. The second-order valence-electron chi connectivity index (χ2n) is 10.8. The molecule has 1 aromatic rings. The van der Waals surface area contributed by atoms with Gasteiger partial charge in [-0.2, -0.15) is 0 Å². The van der Waals surface area contributed by atoms with Crippen LogP contribution >= 0.6 is 0 Å². The average molecular weight is 500 g/mol. The maximum absolute atomic E-state index is 13.3. The van der Waals surface area contributed by atoms with E-state index in [1.807, 2.05) is 64.6 Å². The molecular weight excluding hydrogens is 458 g/mol. The Bertz CT molecular complexity index is 1050. The van der Waals surface area contributed by atoms with Gasteiger partial charge in [0.25, 0.3) is 0 Å². The Balaban J connectivity index is 1.93. The van der Waals surface area contributed by atoms with Crippen molar-refractivity contribution in [3.05, 3.63) is 46.2 Å². The van der Waals surface area contributed by atoms with Gasteiger partial charge in [0.15, 0.2) is 0 Å². The molecule has 1 fully saturated rings. The van der Waals surface area contributed by atoms with Gasteiger partial charge in [-0.1, -0.05) is 23.8 Å². The van der Waals surface area contributed by atoms with E-state index in [1.54, 1.807) is 14.0 Å². The first-order valence-corrected chi connectivity index (χ1v) is 12.6. The van der Waals surface area contributed by atoms with Crippen LogP contribution in [0.2, 0.25) is 0 Å². The molecule has 36 heavy (non-hydrogen) atoms. The fourth-order valence-corrected chi connectivity index (χ4v) is 4.79. The number of carbonyl (C=O) groups excluding carboxylic acids is 3. The van der Waals surface area contributed by atoms with Gasteiger partial charge in [0.05, 0.1) is 18.2 Å². The highest BCUT2D eigenvalue weighted by atomic mass is 16.5. The summed E-state index contributed by atoms with van der Waals surface area (Å²) in [5.41, 5.74) is 3.69. The Kier molecular flexibility index (Phi) is 8.33. The lowest BCUT2D eigenvalue weighted by Crippen LogP contribution is -2.59. The van der Waals surface area contributed by atoms with Gasteiger partial charge in [-0.05, 0) is 59.6 Å². The van der Waals surface area contributed by atoms with Crippen molar-refractivity contribution >= 4 is 18.0 Å². The molecule has 4 amide bonds. The summed E-state index contributed by atoms with van der Waals surface area (Å²) < 4.78 is 5.47. The Morgan fingerprint density at radius 2 is 1.89 bits per heavy atom. The minimum atomic E-state index is -0.598. The van der Waals surface area contributed by atoms with Crippen molar-refractivity contribution in [3.8, 4) is 0 Å². The van der Waals surface area contributed by atoms with Crippen molar-refractivity contribution in [2.75, 3.05) is 39.8 Å². The molecule has 1 aromatic carbocycles. The number of ether oxygens (including phenoxy) is 1. The summed E-state index contributed by atoms with van der Waals surface area (Å²) in [6.45, 7) is 16.1. The number of urea groups is 2. The van der Waals surface area contributed by atoms with E-state index in [0.29, 0.717) is 37.4 Å². The molecule has 1 saturated heterocycles. The number of benzene rings is 1. The third kappa shape index (κ3) is 6.19. The van der Waals surface area contributed by atoms with Gasteiger partial charge >= 0.3 is 18.0 Å². The number of rotatable bonds is 5. The molecule has 2 N–H and O–H groups in total. The fourth-order valence-electron chi connectivity index (χ4n) is 4.79. The lowest BCUT2D eigenvalue weighted by molar-refractivity contribution is -0.139. The van der Waals surface area contributed by atoms with E-state index in [-0.39, 0.29) is 30.2 Å². The number of likely N-dealkylation sites (N-methyl/N-ethyl adjacent to an activating group) is 1. The van der Waals surface area contributed by atoms with Crippen molar-refractivity contribution in [1.29, 1.82) is 0 Å². The smallest absolute Gasteiger partial charge is 0.338 e. The van der Waals surface area contributed by atoms with Crippen molar-refractivity contribution < 1.29 is 19.1 Å². The molecule has 0 spiro atoms. The first-order chi connectivity index (χ1) is 16.8. The topological polar surface area (TPSA) is 94.2 Å². The average Bonchev–Trinajstić information content (AvgIpc) is 2.77. The molecule has 0 aromatic heterocycles. The van der Waals surface area contributed by atoms with E-state index in [0.717, 1.165) is 16.7 Å². The number of esters is 1. The predicted octanol–water partition coefficient (Wildman–Crippen LogP) is 3.33. The van der Waals surface area contributed by atoms with Crippen LogP contribution in [0.1, 0.15) is 57.4 Å². The molecule has 2 atom stereocenters. The number of carbonyl (C=O) groups is 3. The second kappa shape index (κ2) is 10.9. The van der Waals surface area contributed by atoms with Crippen molar-refractivity contribution in [1.82, 2.24) is 25.3 Å². The largest absolute Gasteiger partial charge is 0.463 e. The predicted molar refractivity (Wildman–Crippen MR) is 140 cm³/mol. The first kappa shape index (κ1) is 27.5. The summed E-state index contributed by atoms with van der Waals surface area (Å²) in [4.78, 5) is 44.6. The van der Waals surface area contributed by atoms with E-state index in [9.17, 15) is 14.4 Å². The van der Waals surface area contributed by atoms with E-state index in [2.05, 4.69) is 15.5 Å². The minimum Gasteiger partial charge on any atom is -0.463 e. The lowest BCUT2D eigenvalue weighted by atomic mass is 9.90. The molecule has 3 rings (SSSR count). The quantitative estimate of drug-likeness (QED) is 0.606. The number of hydrogen-bond donors (Lipinski definition) is 2. The third-order valence-electron chi connectivity index (χ3n) is 6.65. The zero-order valence-electron chi connectivity index (χ0n) is 22.9. The number of nitrogens with one attached hydrogen (secondary N) is 2. The summed E-state index contributed by atoms with van der Waals surface area (Å²) in [7, 11) is 1.68. The monoisotopic (exact) mass is 499 g/mol. The van der Waals surface area contributed by atoms with Gasteiger partial charge in [0.2, 0.25) is 0 Å². The molecule has 2 aliphatic heterocycles. The molecule has 0 bridgehead atoms. The van der Waals surface area contributed by atoms with Crippen molar-refractivity contribution in [2.45, 2.75) is 66.1 Å². The van der Waals surface area contributed by atoms with Crippen LogP contribution in [0.25, 0.3) is 0 Å². The Morgan fingerprint density at radius 3 is 2.50 bits per heavy atom. The van der Waals surface area contributed by atoms with Crippen LogP contribution in [0.5, 0.6) is 0 Å². The summed E-state index contributed by atoms with van der Waals surface area (Å²) in [5.74, 6) is -0.429. The number of hydrogen-bond acceptors (Lipinski definition) is 5. The van der Waals surface area contributed by atoms with E-state index < -0.39 is 12.0 Å². The van der Waals surface area contributed by atoms with Crippen LogP contribution in [0.15, 0.2) is 29.5 Å². The van der Waals surface area contributed by atoms with Gasteiger partial charge < -0.3 is 20.3 Å². The molecule has 2 heterocycles. The molecule has 2 aliphatic rings. The molecule has 0 aliphatic carbocycles. The Labute approximate surface area is 214 Å². The van der Waals surface area contributed by atoms with Crippen LogP contribution < -0.4 is 10.6 Å². The summed E-state index contributed by atoms with van der Waals surface area (Å²) in [6.07, 6.45) is 0. The van der Waals surface area contributed by atoms with Gasteiger partial charge in [-0.15, -0.1) is 0 Å². The van der Waals surface area contributed by atoms with Gasteiger partial charge in [0, 0.05) is 50.5 Å². The maximum Gasteiger partial charge on any atom is 0.338 e. The lowest BCUT2D eigenvalue weighted by Gasteiger charge is -2.43. The number of amides is 4. The zero-order chi connectivity index (χ0) is 26.8. The molecule has 198 valence electrons. The standard InChI is InChI=1S/C27H41N5O4/c1-9-36-24(33)22-21(16-31-12-13-32(19(4)15-31)26(35)29-27(5,6)7)30(8)25(34)28-23(22)20-14-17(2)10-11-18(20)3/h10-11,14,19,23H,9,12-13,15-16H2,1-8H3,(H,28,34)(H,29,35). The summed E-state index contributed by atoms with van der Waals surface area (Å²) >= 11 is 0. The molecule has 9 nitrogen and oxygen atoms in total. The Morgan fingerprint density at radius 1 is 1.19 bits per heavy atom. The Hall–Kier alpha value is -3.07. The van der Waals surface area contributed by atoms with Crippen LogP contribution in [-0.2, 0) is 9.53 Å². The maximum atomic E-state index is 13.3. The highest BCUT2D eigenvalue weighted by molar-refractivity contribution is 5.95. The first-order valence-electron chi connectivity index (χ1n) is 12.6. The SMILES string of the molecule is CCOC(=O)C1=C(CN2CCN(C(=O)NC(C)(C)C)C(C)C2)N(C)C(=O)NC1c1cc(C)ccc1C. The van der Waals surface area contributed by atoms with E-state index in [4.69, 9.17) is 4.74 Å². The molecular formula is C27H41N5O4. The van der Waals surface area contributed by atoms with E-state index >= 15 is 0 Å². The molecule has 0 radical (unpaired) electrons.